The van der Waals surface area contributed by atoms with Gasteiger partial charge in [0.1, 0.15) is 18.7 Å². The van der Waals surface area contributed by atoms with Gasteiger partial charge in [-0.1, -0.05) is 0 Å². The number of fused-ring (bicyclic) bond motifs is 1. The molecule has 7 heteroatoms. The van der Waals surface area contributed by atoms with Crippen LogP contribution in [-0.4, -0.2) is 28.6 Å². The Labute approximate surface area is 122 Å². The van der Waals surface area contributed by atoms with Gasteiger partial charge in [0.15, 0.2) is 17.3 Å². The van der Waals surface area contributed by atoms with Crippen LogP contribution in [0.3, 0.4) is 0 Å². The Morgan fingerprint density at radius 1 is 1.33 bits per heavy atom. The Bertz CT molecular complexity index is 627. The van der Waals surface area contributed by atoms with Crippen molar-refractivity contribution in [3.05, 3.63) is 29.8 Å². The summed E-state index contributed by atoms with van der Waals surface area (Å²) in [5.74, 6) is 3.02. The van der Waals surface area contributed by atoms with Gasteiger partial charge in [0, 0.05) is 24.7 Å². The normalized spacial score (nSPS) is 12.7. The molecule has 7 nitrogen and oxygen atoms in total. The van der Waals surface area contributed by atoms with E-state index in [2.05, 4.69) is 15.4 Å². The van der Waals surface area contributed by atoms with Gasteiger partial charge in [-0.2, -0.15) is 5.10 Å². The van der Waals surface area contributed by atoms with Crippen molar-refractivity contribution in [3.8, 4) is 17.2 Å². The van der Waals surface area contributed by atoms with Gasteiger partial charge in [-0.25, -0.2) is 9.67 Å². The highest BCUT2D eigenvalue weighted by Gasteiger charge is 2.18. The van der Waals surface area contributed by atoms with Gasteiger partial charge >= 0.3 is 0 Å². The van der Waals surface area contributed by atoms with Crippen LogP contribution in [0.5, 0.6) is 17.2 Å². The summed E-state index contributed by atoms with van der Waals surface area (Å²) in [4.78, 5) is 4.21. The summed E-state index contributed by atoms with van der Waals surface area (Å²) in [5.41, 5.74) is 1.02. The highest BCUT2D eigenvalue weighted by atomic mass is 16.7. The molecule has 0 fully saturated rings. The van der Waals surface area contributed by atoms with E-state index < -0.39 is 0 Å². The van der Waals surface area contributed by atoms with Gasteiger partial charge in [-0.3, -0.25) is 0 Å². The molecule has 0 spiro atoms. The van der Waals surface area contributed by atoms with Crippen molar-refractivity contribution in [2.24, 2.45) is 0 Å². The second-order valence-electron chi connectivity index (χ2n) is 4.62. The molecule has 1 aromatic heterocycles. The van der Waals surface area contributed by atoms with E-state index in [1.165, 1.54) is 6.33 Å². The maximum atomic E-state index is 5.90. The zero-order valence-corrected chi connectivity index (χ0v) is 12.1. The molecular formula is C14H18N4O3. The predicted octanol–water partition coefficient (Wildman–Crippen LogP) is 1.33. The van der Waals surface area contributed by atoms with Crippen LogP contribution < -0.4 is 19.5 Å². The van der Waals surface area contributed by atoms with E-state index >= 15 is 0 Å². The van der Waals surface area contributed by atoms with Crippen molar-refractivity contribution in [1.29, 1.82) is 0 Å². The first-order chi connectivity index (χ1) is 10.3. The molecule has 1 aromatic carbocycles. The number of nitrogens with zero attached hydrogens (tertiary/aromatic N) is 3. The molecule has 21 heavy (non-hydrogen) atoms. The molecule has 0 saturated carbocycles. The Morgan fingerprint density at radius 3 is 2.90 bits per heavy atom. The van der Waals surface area contributed by atoms with Gasteiger partial charge in [-0.15, -0.1) is 0 Å². The van der Waals surface area contributed by atoms with Gasteiger partial charge in [0.25, 0.3) is 0 Å². The van der Waals surface area contributed by atoms with E-state index in [0.717, 1.165) is 29.4 Å². The average molecular weight is 290 g/mol. The number of ether oxygens (including phenoxy) is 3. The molecular weight excluding hydrogens is 272 g/mol. The minimum absolute atomic E-state index is 0.252. The highest BCUT2D eigenvalue weighted by molar-refractivity contribution is 5.51. The van der Waals surface area contributed by atoms with E-state index in [-0.39, 0.29) is 6.79 Å². The lowest BCUT2D eigenvalue weighted by Crippen LogP contribution is -2.10. The fourth-order valence-electron chi connectivity index (χ4n) is 2.23. The summed E-state index contributed by atoms with van der Waals surface area (Å²) in [6, 6.07) is 3.81. The average Bonchev–Trinajstić information content (AvgIpc) is 3.13. The van der Waals surface area contributed by atoms with Crippen molar-refractivity contribution >= 4 is 0 Å². The summed E-state index contributed by atoms with van der Waals surface area (Å²) in [6.07, 6.45) is 1.54. The van der Waals surface area contributed by atoms with Gasteiger partial charge in [0.05, 0.1) is 0 Å². The minimum Gasteiger partial charge on any atom is -0.485 e. The molecule has 2 aromatic rings. The lowest BCUT2D eigenvalue weighted by atomic mass is 10.1. The molecule has 1 aliphatic heterocycles. The van der Waals surface area contributed by atoms with Gasteiger partial charge < -0.3 is 19.5 Å². The first-order valence-electron chi connectivity index (χ1n) is 6.88. The summed E-state index contributed by atoms with van der Waals surface area (Å²) < 4.78 is 18.5. The van der Waals surface area contributed by atoms with Crippen LogP contribution in [0.25, 0.3) is 0 Å². The molecule has 0 radical (unpaired) electrons. The SMILES string of the molecule is CCn1ncnc1COc1cc2c(cc1CNC)OCO2. The molecule has 0 aliphatic carbocycles. The topological polar surface area (TPSA) is 70.4 Å². The number of aromatic nitrogens is 3. The Morgan fingerprint density at radius 2 is 2.14 bits per heavy atom. The van der Waals surface area contributed by atoms with Gasteiger partial charge in [-0.05, 0) is 20.0 Å². The Hall–Kier alpha value is -2.28. The predicted molar refractivity (Wildman–Crippen MR) is 75.4 cm³/mol. The van der Waals surface area contributed by atoms with Crippen LogP contribution in [0.4, 0.5) is 0 Å². The largest absolute Gasteiger partial charge is 0.485 e. The number of aryl methyl sites for hydroxylation is 1. The summed E-state index contributed by atoms with van der Waals surface area (Å²) in [7, 11) is 1.89. The summed E-state index contributed by atoms with van der Waals surface area (Å²) in [5, 5.41) is 7.25. The molecule has 1 N–H and O–H groups in total. The minimum atomic E-state index is 0.252. The molecule has 112 valence electrons. The molecule has 3 rings (SSSR count). The summed E-state index contributed by atoms with van der Waals surface area (Å²) in [6.45, 7) is 4.09. The second-order valence-corrected chi connectivity index (χ2v) is 4.62. The van der Waals surface area contributed by atoms with E-state index in [4.69, 9.17) is 14.2 Å². The fourth-order valence-corrected chi connectivity index (χ4v) is 2.23. The number of benzene rings is 1. The number of rotatable bonds is 6. The van der Waals surface area contributed by atoms with E-state index in [1.807, 2.05) is 30.8 Å². The van der Waals surface area contributed by atoms with E-state index in [0.29, 0.717) is 18.9 Å². The first kappa shape index (κ1) is 13.7. The van der Waals surface area contributed by atoms with Crippen LogP contribution >= 0.6 is 0 Å². The fraction of sp³-hybridized carbons (Fsp3) is 0.429. The summed E-state index contributed by atoms with van der Waals surface area (Å²) >= 11 is 0. The second kappa shape index (κ2) is 6.01. The molecule has 2 heterocycles. The third-order valence-electron chi connectivity index (χ3n) is 3.27. The first-order valence-corrected chi connectivity index (χ1v) is 6.88. The van der Waals surface area contributed by atoms with Crippen molar-refractivity contribution in [1.82, 2.24) is 20.1 Å². The van der Waals surface area contributed by atoms with Crippen molar-refractivity contribution in [2.45, 2.75) is 26.6 Å². The zero-order valence-electron chi connectivity index (χ0n) is 12.1. The molecule has 0 atom stereocenters. The lowest BCUT2D eigenvalue weighted by Gasteiger charge is -2.12. The van der Waals surface area contributed by atoms with E-state index in [1.54, 1.807) is 0 Å². The van der Waals surface area contributed by atoms with E-state index in [9.17, 15) is 0 Å². The quantitative estimate of drug-likeness (QED) is 0.865. The lowest BCUT2D eigenvalue weighted by molar-refractivity contribution is 0.173. The smallest absolute Gasteiger partial charge is 0.231 e. The Kier molecular flexibility index (Phi) is 3.92. The van der Waals surface area contributed by atoms with Gasteiger partial charge in [0.2, 0.25) is 6.79 Å². The standard InChI is InChI=1S/C14H18N4O3/c1-3-18-14(16-8-17-18)7-19-11-5-13-12(20-9-21-13)4-10(11)6-15-2/h4-5,8,15H,3,6-7,9H2,1-2H3. The molecule has 0 saturated heterocycles. The molecule has 0 amide bonds. The van der Waals surface area contributed by atoms with Crippen LogP contribution in [-0.2, 0) is 19.7 Å². The molecule has 1 aliphatic rings. The number of hydrogen-bond donors (Lipinski definition) is 1. The molecule has 0 bridgehead atoms. The van der Waals surface area contributed by atoms with Crippen LogP contribution in [0.15, 0.2) is 18.5 Å². The van der Waals surface area contributed by atoms with Crippen molar-refractivity contribution in [3.63, 3.8) is 0 Å². The number of nitrogens with one attached hydrogen (secondary N) is 1. The number of hydrogen-bond acceptors (Lipinski definition) is 6. The van der Waals surface area contributed by atoms with Crippen molar-refractivity contribution in [2.75, 3.05) is 13.8 Å². The maximum Gasteiger partial charge on any atom is 0.231 e. The Balaban J connectivity index is 1.80. The monoisotopic (exact) mass is 290 g/mol. The third-order valence-corrected chi connectivity index (χ3v) is 3.27. The van der Waals surface area contributed by atoms with Crippen LogP contribution in [0.2, 0.25) is 0 Å². The van der Waals surface area contributed by atoms with Crippen LogP contribution in [0.1, 0.15) is 18.3 Å². The molecule has 0 unspecified atom stereocenters. The van der Waals surface area contributed by atoms with Crippen LogP contribution in [0, 0.1) is 0 Å². The van der Waals surface area contributed by atoms with Crippen molar-refractivity contribution < 1.29 is 14.2 Å². The highest BCUT2D eigenvalue weighted by Crippen LogP contribution is 2.38. The maximum absolute atomic E-state index is 5.90. The third kappa shape index (κ3) is 2.78. The zero-order chi connectivity index (χ0) is 14.7.